The van der Waals surface area contributed by atoms with Gasteiger partial charge < -0.3 is 5.32 Å². The van der Waals surface area contributed by atoms with Gasteiger partial charge in [-0.3, -0.25) is 4.79 Å². The molecule has 2 heterocycles. The van der Waals surface area contributed by atoms with Crippen molar-refractivity contribution in [3.63, 3.8) is 0 Å². The molecule has 1 amide bonds. The predicted octanol–water partition coefficient (Wildman–Crippen LogP) is 5.81. The van der Waals surface area contributed by atoms with E-state index in [0.717, 1.165) is 28.0 Å². The Hall–Kier alpha value is -2.98. The van der Waals surface area contributed by atoms with E-state index >= 15 is 0 Å². The van der Waals surface area contributed by atoms with Crippen LogP contribution < -0.4 is 5.32 Å². The first kappa shape index (κ1) is 21.3. The van der Waals surface area contributed by atoms with Gasteiger partial charge in [0.2, 0.25) is 11.7 Å². The molecule has 4 aromatic rings. The first-order chi connectivity index (χ1) is 14.8. The van der Waals surface area contributed by atoms with Gasteiger partial charge in [0, 0.05) is 22.0 Å². The molecule has 0 aliphatic carbocycles. The fourth-order valence-electron chi connectivity index (χ4n) is 2.87. The van der Waals surface area contributed by atoms with Crippen molar-refractivity contribution in [3.8, 4) is 11.3 Å². The molecule has 2 aromatic heterocycles. The number of hydrogen-bond donors (Lipinski definition) is 1. The summed E-state index contributed by atoms with van der Waals surface area (Å²) in [5.74, 6) is -1.67. The van der Waals surface area contributed by atoms with E-state index < -0.39 is 12.0 Å². The van der Waals surface area contributed by atoms with Crippen molar-refractivity contribution in [2.75, 3.05) is 11.1 Å². The summed E-state index contributed by atoms with van der Waals surface area (Å²) in [6.45, 7) is 1.91. The quantitative estimate of drug-likeness (QED) is 0.301. The third-order valence-electron chi connectivity index (χ3n) is 4.22. The van der Waals surface area contributed by atoms with E-state index in [2.05, 4.69) is 20.3 Å². The zero-order valence-corrected chi connectivity index (χ0v) is 17.7. The van der Waals surface area contributed by atoms with Gasteiger partial charge in [-0.05, 0) is 25.1 Å². The van der Waals surface area contributed by atoms with Crippen molar-refractivity contribution in [1.29, 1.82) is 0 Å². The van der Waals surface area contributed by atoms with E-state index in [-0.39, 0.29) is 22.2 Å². The number of carbonyl (C=O) groups excluding carboxylic acids is 1. The van der Waals surface area contributed by atoms with Crippen LogP contribution in [0.15, 0.2) is 58.9 Å². The van der Waals surface area contributed by atoms with Gasteiger partial charge in [0.15, 0.2) is 0 Å². The minimum absolute atomic E-state index is 0.0989. The zero-order valence-electron chi connectivity index (χ0n) is 16.1. The number of thioether (sulfide) groups is 1. The van der Waals surface area contributed by atoms with Gasteiger partial charge in [0.25, 0.3) is 0 Å². The lowest BCUT2D eigenvalue weighted by atomic mass is 10.1. The Morgan fingerprint density at radius 2 is 1.90 bits per heavy atom. The largest absolute Gasteiger partial charge is 0.451 e. The summed E-state index contributed by atoms with van der Waals surface area (Å²) in [6, 6.07) is 13.7. The number of nitrogens with one attached hydrogen (secondary N) is 1. The maximum atomic E-state index is 13.1. The van der Waals surface area contributed by atoms with Crippen LogP contribution in [-0.2, 0) is 11.0 Å². The first-order valence-electron chi connectivity index (χ1n) is 9.09. The van der Waals surface area contributed by atoms with E-state index in [1.807, 2.05) is 18.4 Å². The molecule has 2 aromatic carbocycles. The molecule has 0 unspecified atom stereocenters. The Morgan fingerprint density at radius 1 is 1.10 bits per heavy atom. The van der Waals surface area contributed by atoms with Crippen molar-refractivity contribution < 1.29 is 18.0 Å². The predicted molar refractivity (Wildman–Crippen MR) is 116 cm³/mol. The molecule has 0 saturated heterocycles. The number of aryl methyl sites for hydroxylation is 1. The normalized spacial score (nSPS) is 11.6. The maximum absolute atomic E-state index is 13.1. The highest BCUT2D eigenvalue weighted by Crippen LogP contribution is 2.32. The summed E-state index contributed by atoms with van der Waals surface area (Å²) in [5.41, 5.74) is 2.45. The minimum Gasteiger partial charge on any atom is -0.325 e. The van der Waals surface area contributed by atoms with Crippen LogP contribution in [0.3, 0.4) is 0 Å². The second-order valence-corrected chi connectivity index (χ2v) is 8.56. The molecule has 0 atom stereocenters. The number of halogens is 3. The molecule has 0 radical (unpaired) electrons. The number of rotatable bonds is 5. The average Bonchev–Trinajstić information content (AvgIpc) is 3.18. The monoisotopic (exact) mass is 460 g/mol. The number of benzene rings is 2. The van der Waals surface area contributed by atoms with Crippen LogP contribution in [-0.4, -0.2) is 26.6 Å². The number of aromatic nitrogens is 3. The topological polar surface area (TPSA) is 67.8 Å². The third-order valence-corrected chi connectivity index (χ3v) is 5.99. The lowest BCUT2D eigenvalue weighted by Gasteiger charge is -2.10. The number of fused-ring (bicyclic) bond motifs is 1. The summed E-state index contributed by atoms with van der Waals surface area (Å²) in [7, 11) is 0. The molecular weight excluding hydrogens is 445 g/mol. The van der Waals surface area contributed by atoms with Gasteiger partial charge in [-0.15, -0.1) is 11.3 Å². The fraction of sp³-hybridized carbons (Fsp3) is 0.143. The second-order valence-electron chi connectivity index (χ2n) is 6.54. The standard InChI is InChI=1S/C21H15F3N4OS2/c1-12-25-17(10-30-12)13-5-4-6-14(9-13)26-18(29)11-31-19-15-7-2-3-8-16(15)27-20(28-19)21(22,23)24/h2-10H,11H2,1H3,(H,26,29). The van der Waals surface area contributed by atoms with Crippen LogP contribution in [0.4, 0.5) is 18.9 Å². The van der Waals surface area contributed by atoms with Crippen LogP contribution >= 0.6 is 23.1 Å². The van der Waals surface area contributed by atoms with E-state index in [0.29, 0.717) is 11.1 Å². The molecule has 0 fully saturated rings. The molecule has 0 spiro atoms. The summed E-state index contributed by atoms with van der Waals surface area (Å²) >= 11 is 2.47. The number of nitrogens with zero attached hydrogens (tertiary/aromatic N) is 3. The number of para-hydroxylation sites is 1. The Bertz CT molecular complexity index is 1260. The maximum Gasteiger partial charge on any atom is 0.451 e. The number of hydrogen-bond acceptors (Lipinski definition) is 6. The molecule has 0 bridgehead atoms. The molecular formula is C21H15F3N4OS2. The lowest BCUT2D eigenvalue weighted by molar-refractivity contribution is -0.145. The van der Waals surface area contributed by atoms with Crippen molar-refractivity contribution >= 4 is 45.6 Å². The van der Waals surface area contributed by atoms with Crippen molar-refractivity contribution in [3.05, 3.63) is 64.7 Å². The molecule has 0 aliphatic heterocycles. The van der Waals surface area contributed by atoms with Gasteiger partial charge in [-0.1, -0.05) is 42.1 Å². The highest BCUT2D eigenvalue weighted by Gasteiger charge is 2.35. The average molecular weight is 461 g/mol. The molecule has 158 valence electrons. The molecule has 0 saturated carbocycles. The van der Waals surface area contributed by atoms with Gasteiger partial charge >= 0.3 is 6.18 Å². The molecule has 5 nitrogen and oxygen atoms in total. The summed E-state index contributed by atoms with van der Waals surface area (Å²) in [6.07, 6.45) is -4.67. The minimum atomic E-state index is -4.67. The Balaban J connectivity index is 1.50. The van der Waals surface area contributed by atoms with Crippen LogP contribution in [0.25, 0.3) is 22.2 Å². The van der Waals surface area contributed by atoms with Gasteiger partial charge in [0.1, 0.15) is 5.03 Å². The fourth-order valence-corrected chi connectivity index (χ4v) is 4.31. The van der Waals surface area contributed by atoms with Crippen molar-refractivity contribution in [2.24, 2.45) is 0 Å². The van der Waals surface area contributed by atoms with E-state index in [1.165, 1.54) is 17.4 Å². The van der Waals surface area contributed by atoms with E-state index in [1.54, 1.807) is 36.4 Å². The highest BCUT2D eigenvalue weighted by molar-refractivity contribution is 8.00. The van der Waals surface area contributed by atoms with Gasteiger partial charge in [-0.2, -0.15) is 13.2 Å². The zero-order chi connectivity index (χ0) is 22.0. The Labute approximate surface area is 183 Å². The van der Waals surface area contributed by atoms with Crippen molar-refractivity contribution in [2.45, 2.75) is 18.1 Å². The second kappa shape index (κ2) is 8.64. The molecule has 31 heavy (non-hydrogen) atoms. The number of anilines is 1. The molecule has 1 N–H and O–H groups in total. The lowest BCUT2D eigenvalue weighted by Crippen LogP contribution is -2.15. The Morgan fingerprint density at radius 3 is 2.65 bits per heavy atom. The highest BCUT2D eigenvalue weighted by atomic mass is 32.2. The SMILES string of the molecule is Cc1nc(-c2cccc(NC(=O)CSc3nc(C(F)(F)F)nc4ccccc34)c2)cs1. The van der Waals surface area contributed by atoms with E-state index in [4.69, 9.17) is 0 Å². The third kappa shape index (κ3) is 5.02. The summed E-state index contributed by atoms with van der Waals surface area (Å²) in [4.78, 5) is 24.1. The molecule has 10 heteroatoms. The van der Waals surface area contributed by atoms with Crippen LogP contribution in [0.2, 0.25) is 0 Å². The van der Waals surface area contributed by atoms with Gasteiger partial charge in [-0.25, -0.2) is 15.0 Å². The van der Waals surface area contributed by atoms with E-state index in [9.17, 15) is 18.0 Å². The number of amides is 1. The number of alkyl halides is 3. The summed E-state index contributed by atoms with van der Waals surface area (Å²) in [5, 5.41) is 6.23. The van der Waals surface area contributed by atoms with Gasteiger partial charge in [0.05, 0.1) is 22.0 Å². The van der Waals surface area contributed by atoms with Crippen LogP contribution in [0.5, 0.6) is 0 Å². The summed E-state index contributed by atoms with van der Waals surface area (Å²) < 4.78 is 39.4. The van der Waals surface area contributed by atoms with Crippen LogP contribution in [0, 0.1) is 6.92 Å². The first-order valence-corrected chi connectivity index (χ1v) is 11.0. The smallest absolute Gasteiger partial charge is 0.325 e. The Kier molecular flexibility index (Phi) is 5.92. The molecule has 0 aliphatic rings. The number of thiazole rings is 1. The number of carbonyl (C=O) groups is 1. The van der Waals surface area contributed by atoms with Crippen molar-refractivity contribution in [1.82, 2.24) is 15.0 Å². The molecule has 4 rings (SSSR count). The van der Waals surface area contributed by atoms with Crippen LogP contribution in [0.1, 0.15) is 10.8 Å².